The summed E-state index contributed by atoms with van der Waals surface area (Å²) in [6.45, 7) is 4.39. The summed E-state index contributed by atoms with van der Waals surface area (Å²) in [4.78, 5) is 27.9. The summed E-state index contributed by atoms with van der Waals surface area (Å²) in [7, 11) is -4.03. The van der Waals surface area contributed by atoms with E-state index in [0.29, 0.717) is 21.1 Å². The van der Waals surface area contributed by atoms with Crippen molar-refractivity contribution >= 4 is 61.1 Å². The van der Waals surface area contributed by atoms with Crippen LogP contribution in [0.1, 0.15) is 19.3 Å². The van der Waals surface area contributed by atoms with Crippen LogP contribution in [0.2, 0.25) is 4.34 Å². The first kappa shape index (κ1) is 27.2. The number of nitrogens with one attached hydrogen (secondary N) is 3. The van der Waals surface area contributed by atoms with Crippen LogP contribution in [-0.4, -0.2) is 50.1 Å². The van der Waals surface area contributed by atoms with Crippen LogP contribution in [0.25, 0.3) is 16.5 Å². The first-order chi connectivity index (χ1) is 18.8. The number of hydrogen-bond donors (Lipinski definition) is 3. The van der Waals surface area contributed by atoms with Crippen molar-refractivity contribution in [2.24, 2.45) is 0 Å². The predicted octanol–water partition coefficient (Wildman–Crippen LogP) is 5.11. The monoisotopic (exact) mass is 585 g/mol. The zero-order valence-electron chi connectivity index (χ0n) is 21.0. The lowest BCUT2D eigenvalue weighted by atomic mass is 10.1. The van der Waals surface area contributed by atoms with Gasteiger partial charge in [0, 0.05) is 35.2 Å². The molecule has 0 atom stereocenters. The van der Waals surface area contributed by atoms with E-state index in [4.69, 9.17) is 11.6 Å². The van der Waals surface area contributed by atoms with Crippen molar-refractivity contribution in [1.82, 2.24) is 14.2 Å². The van der Waals surface area contributed by atoms with Crippen molar-refractivity contribution in [1.29, 1.82) is 0 Å². The van der Waals surface area contributed by atoms with Gasteiger partial charge in [0.15, 0.2) is 0 Å². The fourth-order valence-electron chi connectivity index (χ4n) is 4.58. The second kappa shape index (κ2) is 11.8. The highest BCUT2D eigenvalue weighted by Crippen LogP contribution is 2.25. The summed E-state index contributed by atoms with van der Waals surface area (Å²) >= 11 is 6.64. The maximum atomic E-state index is 13.2. The van der Waals surface area contributed by atoms with Crippen LogP contribution < -0.4 is 20.9 Å². The van der Waals surface area contributed by atoms with Gasteiger partial charge in [-0.05, 0) is 105 Å². The molecule has 1 fully saturated rings. The number of carbonyl (C=O) groups is 1. The lowest BCUT2D eigenvalue weighted by molar-refractivity contribution is 0.256. The smallest absolute Gasteiger partial charge is 0.333 e. The molecule has 2 aromatic heterocycles. The second-order valence-electron chi connectivity index (χ2n) is 9.29. The third-order valence-corrected chi connectivity index (χ3v) is 9.58. The number of carbonyl (C=O) groups excluding carboxylic acids is 1. The van der Waals surface area contributed by atoms with E-state index >= 15 is 0 Å². The van der Waals surface area contributed by atoms with E-state index in [2.05, 4.69) is 15.5 Å². The van der Waals surface area contributed by atoms with Gasteiger partial charge in [0.1, 0.15) is 4.21 Å². The highest BCUT2D eigenvalue weighted by Gasteiger charge is 2.20. The molecule has 1 aliphatic rings. The molecule has 3 heterocycles. The molecule has 204 valence electrons. The van der Waals surface area contributed by atoms with Gasteiger partial charge in [-0.15, -0.1) is 11.3 Å². The zero-order valence-corrected chi connectivity index (χ0v) is 23.4. The van der Waals surface area contributed by atoms with Gasteiger partial charge in [0.2, 0.25) is 0 Å². The highest BCUT2D eigenvalue weighted by molar-refractivity contribution is 7.92. The van der Waals surface area contributed by atoms with Gasteiger partial charge in [0.25, 0.3) is 15.6 Å². The lowest BCUT2D eigenvalue weighted by Gasteiger charge is -2.15. The maximum Gasteiger partial charge on any atom is 0.333 e. The van der Waals surface area contributed by atoms with Crippen LogP contribution in [-0.2, 0) is 10.0 Å². The van der Waals surface area contributed by atoms with Crippen molar-refractivity contribution in [3.8, 4) is 5.69 Å². The standard InChI is InChI=1S/C27H28ClN5O4S2/c28-24-10-11-25(38-24)39(36,37)31-27(35)30-20-4-7-22(8-5-20)33-17-12-19-18-21(6-9-23(19)26(33)34)29-13-3-16-32-14-1-2-15-32/h4-12,17-18,29H,1-3,13-16H2,(H2,30,31,35). The molecule has 1 saturated heterocycles. The van der Waals surface area contributed by atoms with Gasteiger partial charge < -0.3 is 15.5 Å². The maximum absolute atomic E-state index is 13.2. The van der Waals surface area contributed by atoms with Gasteiger partial charge >= 0.3 is 6.03 Å². The van der Waals surface area contributed by atoms with Gasteiger partial charge in [-0.2, -0.15) is 0 Å². The molecule has 12 heteroatoms. The molecule has 0 unspecified atom stereocenters. The minimum atomic E-state index is -4.03. The minimum absolute atomic E-state index is 0.0610. The summed E-state index contributed by atoms with van der Waals surface area (Å²) < 4.78 is 28.3. The molecule has 39 heavy (non-hydrogen) atoms. The number of benzene rings is 2. The number of likely N-dealkylation sites (tertiary alicyclic amines) is 1. The molecule has 0 saturated carbocycles. The molecular weight excluding hydrogens is 558 g/mol. The van der Waals surface area contributed by atoms with E-state index in [-0.39, 0.29) is 9.77 Å². The van der Waals surface area contributed by atoms with Crippen LogP contribution >= 0.6 is 22.9 Å². The van der Waals surface area contributed by atoms with Crippen LogP contribution in [0.15, 0.2) is 75.9 Å². The van der Waals surface area contributed by atoms with Crippen LogP contribution in [0.4, 0.5) is 16.2 Å². The quantitative estimate of drug-likeness (QED) is 0.235. The van der Waals surface area contributed by atoms with E-state index < -0.39 is 16.1 Å². The average Bonchev–Trinajstić information content (AvgIpc) is 3.59. The normalized spacial score (nSPS) is 14.0. The largest absolute Gasteiger partial charge is 0.385 e. The summed E-state index contributed by atoms with van der Waals surface area (Å²) in [5, 5.41) is 7.39. The van der Waals surface area contributed by atoms with Crippen molar-refractivity contribution in [3.05, 3.63) is 81.6 Å². The Morgan fingerprint density at radius 3 is 2.44 bits per heavy atom. The molecule has 1 aliphatic heterocycles. The Labute approximate surface area is 235 Å². The molecule has 0 radical (unpaired) electrons. The molecule has 4 aromatic rings. The number of hydrogen-bond acceptors (Lipinski definition) is 7. The lowest BCUT2D eigenvalue weighted by Crippen LogP contribution is -2.33. The number of amides is 2. The number of halogens is 1. The molecular formula is C27H28ClN5O4S2. The summed E-state index contributed by atoms with van der Waals surface area (Å²) in [5.74, 6) is 0. The molecule has 0 spiro atoms. The molecule has 2 amide bonds. The molecule has 9 nitrogen and oxygen atoms in total. The topological polar surface area (TPSA) is 113 Å². The Morgan fingerprint density at radius 2 is 1.72 bits per heavy atom. The number of rotatable bonds is 9. The van der Waals surface area contributed by atoms with E-state index in [1.807, 2.05) is 29.0 Å². The van der Waals surface area contributed by atoms with E-state index in [1.54, 1.807) is 30.5 Å². The molecule has 3 N–H and O–H groups in total. The first-order valence-corrected chi connectivity index (χ1v) is 15.3. The average molecular weight is 586 g/mol. The number of anilines is 2. The number of thiophene rings is 1. The van der Waals surface area contributed by atoms with Crippen molar-refractivity contribution in [3.63, 3.8) is 0 Å². The fraction of sp³-hybridized carbons (Fsp3) is 0.259. The number of pyridine rings is 1. The molecule has 2 aromatic carbocycles. The van der Waals surface area contributed by atoms with Crippen molar-refractivity contribution in [2.75, 3.05) is 36.8 Å². The Bertz CT molecular complexity index is 1640. The second-order valence-corrected chi connectivity index (χ2v) is 12.9. The van der Waals surface area contributed by atoms with Gasteiger partial charge in [0.05, 0.1) is 4.34 Å². The van der Waals surface area contributed by atoms with Crippen LogP contribution in [0.3, 0.4) is 0 Å². The van der Waals surface area contributed by atoms with Crippen molar-refractivity contribution < 1.29 is 13.2 Å². The van der Waals surface area contributed by atoms with Crippen molar-refractivity contribution in [2.45, 2.75) is 23.5 Å². The van der Waals surface area contributed by atoms with Gasteiger partial charge in [-0.3, -0.25) is 9.36 Å². The molecule has 0 aliphatic carbocycles. The first-order valence-electron chi connectivity index (χ1n) is 12.6. The number of urea groups is 1. The van der Waals surface area contributed by atoms with E-state index in [9.17, 15) is 18.0 Å². The van der Waals surface area contributed by atoms with Gasteiger partial charge in [-0.1, -0.05) is 11.6 Å². The Hall–Kier alpha value is -3.38. The number of sulfonamides is 1. The molecule has 0 bridgehead atoms. The Kier molecular flexibility index (Phi) is 8.22. The Morgan fingerprint density at radius 1 is 0.974 bits per heavy atom. The van der Waals surface area contributed by atoms with E-state index in [1.165, 1.54) is 42.6 Å². The SMILES string of the molecule is O=C(Nc1ccc(-n2ccc3cc(NCCCN4CCCC4)ccc3c2=O)cc1)NS(=O)(=O)c1ccc(Cl)s1. The number of fused-ring (bicyclic) bond motifs is 1. The third-order valence-electron chi connectivity index (χ3n) is 6.53. The fourth-order valence-corrected chi connectivity index (χ4v) is 6.97. The highest BCUT2D eigenvalue weighted by atomic mass is 35.5. The predicted molar refractivity (Wildman–Crippen MR) is 157 cm³/mol. The zero-order chi connectivity index (χ0) is 27.4. The summed E-state index contributed by atoms with van der Waals surface area (Å²) in [5.41, 5.74) is 1.80. The number of aromatic nitrogens is 1. The minimum Gasteiger partial charge on any atom is -0.385 e. The number of nitrogens with zero attached hydrogens (tertiary/aromatic N) is 2. The van der Waals surface area contributed by atoms with E-state index in [0.717, 1.165) is 41.9 Å². The summed E-state index contributed by atoms with van der Waals surface area (Å²) in [6.07, 6.45) is 5.39. The van der Waals surface area contributed by atoms with Crippen LogP contribution in [0.5, 0.6) is 0 Å². The van der Waals surface area contributed by atoms with Gasteiger partial charge in [-0.25, -0.2) is 17.9 Å². The van der Waals surface area contributed by atoms with Crippen LogP contribution in [0, 0.1) is 0 Å². The Balaban J connectivity index is 1.21. The molecule has 5 rings (SSSR count). The summed E-state index contributed by atoms with van der Waals surface area (Å²) in [6, 6.07) is 16.0. The third kappa shape index (κ3) is 6.62.